The second-order valence-electron chi connectivity index (χ2n) is 6.59. The molecule has 6 nitrogen and oxygen atoms in total. The Kier molecular flexibility index (Phi) is 4.66. The lowest BCUT2D eigenvalue weighted by atomic mass is 9.87. The molecule has 0 aliphatic heterocycles. The van der Waals surface area contributed by atoms with Crippen molar-refractivity contribution < 1.29 is 18.3 Å². The molecule has 1 aromatic heterocycles. The van der Waals surface area contributed by atoms with Gasteiger partial charge in [0, 0.05) is 6.20 Å². The summed E-state index contributed by atoms with van der Waals surface area (Å²) in [6.07, 6.45) is 1.37. The summed E-state index contributed by atoms with van der Waals surface area (Å²) in [5, 5.41) is 9.15. The van der Waals surface area contributed by atoms with Gasteiger partial charge in [-0.3, -0.25) is 4.72 Å². The van der Waals surface area contributed by atoms with Crippen molar-refractivity contribution in [3.63, 3.8) is 0 Å². The quantitative estimate of drug-likeness (QED) is 0.884. The van der Waals surface area contributed by atoms with Gasteiger partial charge >= 0.3 is 5.97 Å². The fourth-order valence-corrected chi connectivity index (χ4v) is 3.21. The Balaban J connectivity index is 2.39. The Bertz CT molecular complexity index is 866. The minimum atomic E-state index is -3.90. The van der Waals surface area contributed by atoms with Crippen LogP contribution in [0.2, 0.25) is 0 Å². The number of anilines is 1. The van der Waals surface area contributed by atoms with Gasteiger partial charge < -0.3 is 5.11 Å². The molecule has 0 saturated heterocycles. The predicted molar refractivity (Wildman–Crippen MR) is 91.9 cm³/mol. The minimum Gasteiger partial charge on any atom is -0.476 e. The third-order valence-electron chi connectivity index (χ3n) is 3.50. The van der Waals surface area contributed by atoms with Crippen LogP contribution in [0.15, 0.2) is 41.4 Å². The summed E-state index contributed by atoms with van der Waals surface area (Å²) in [5.41, 5.74) is 1.18. The van der Waals surface area contributed by atoms with Crippen molar-refractivity contribution in [2.24, 2.45) is 0 Å². The zero-order chi connectivity index (χ0) is 18.1. The molecule has 0 bridgehead atoms. The number of aryl methyl sites for hydroxylation is 1. The first-order valence-corrected chi connectivity index (χ1v) is 8.82. The normalized spacial score (nSPS) is 12.0. The molecule has 2 rings (SSSR count). The number of carbonyl (C=O) groups is 1. The molecule has 1 aromatic carbocycles. The maximum absolute atomic E-state index is 12.5. The van der Waals surface area contributed by atoms with Crippen LogP contribution in [0, 0.1) is 6.92 Å². The average Bonchev–Trinajstić information content (AvgIpc) is 2.45. The number of carboxylic acid groups (broad SMARTS) is 1. The van der Waals surface area contributed by atoms with Gasteiger partial charge in [-0.1, -0.05) is 32.9 Å². The molecular formula is C17H20N2O4S. The summed E-state index contributed by atoms with van der Waals surface area (Å²) in [6.45, 7) is 7.81. The SMILES string of the molecule is Cc1cnc(C(=O)O)c(NS(=O)(=O)c2ccc(C(C)(C)C)cc2)c1. The van der Waals surface area contributed by atoms with Gasteiger partial charge in [0.25, 0.3) is 10.0 Å². The van der Waals surface area contributed by atoms with E-state index in [2.05, 4.69) is 9.71 Å². The standard InChI is InChI=1S/C17H20N2O4S/c1-11-9-14(15(16(20)21)18-10-11)19-24(22,23)13-7-5-12(6-8-13)17(2,3)4/h5-10,19H,1-4H3,(H,20,21). The first kappa shape index (κ1) is 17.9. The van der Waals surface area contributed by atoms with Gasteiger partial charge in [0.15, 0.2) is 5.69 Å². The molecule has 128 valence electrons. The molecule has 0 amide bonds. The Morgan fingerprint density at radius 1 is 1.17 bits per heavy atom. The van der Waals surface area contributed by atoms with Crippen LogP contribution in [0.5, 0.6) is 0 Å². The summed E-state index contributed by atoms with van der Waals surface area (Å²) in [4.78, 5) is 15.1. The van der Waals surface area contributed by atoms with Crippen LogP contribution in [0.1, 0.15) is 42.4 Å². The van der Waals surface area contributed by atoms with E-state index in [0.29, 0.717) is 5.56 Å². The van der Waals surface area contributed by atoms with Crippen molar-refractivity contribution in [1.82, 2.24) is 4.98 Å². The Morgan fingerprint density at radius 2 is 1.75 bits per heavy atom. The molecule has 2 N–H and O–H groups in total. The van der Waals surface area contributed by atoms with Crippen LogP contribution in [0.4, 0.5) is 5.69 Å². The van der Waals surface area contributed by atoms with Crippen LogP contribution in [0.3, 0.4) is 0 Å². The molecule has 7 heteroatoms. The summed E-state index contributed by atoms with van der Waals surface area (Å²) < 4.78 is 27.3. The number of aromatic carboxylic acids is 1. The van der Waals surface area contributed by atoms with Crippen molar-refractivity contribution in [3.05, 3.63) is 53.3 Å². The molecule has 0 radical (unpaired) electrons. The molecule has 0 aliphatic carbocycles. The number of sulfonamides is 1. The molecule has 0 aliphatic rings. The molecule has 24 heavy (non-hydrogen) atoms. The highest BCUT2D eigenvalue weighted by Gasteiger charge is 2.21. The van der Waals surface area contributed by atoms with E-state index in [1.165, 1.54) is 24.4 Å². The number of aromatic nitrogens is 1. The van der Waals surface area contributed by atoms with E-state index in [1.54, 1.807) is 19.1 Å². The van der Waals surface area contributed by atoms with Gasteiger partial charge in [0.1, 0.15) is 0 Å². The maximum Gasteiger partial charge on any atom is 0.356 e. The number of hydrogen-bond acceptors (Lipinski definition) is 4. The number of benzene rings is 1. The second-order valence-corrected chi connectivity index (χ2v) is 8.28. The number of nitrogens with zero attached hydrogens (tertiary/aromatic N) is 1. The van der Waals surface area contributed by atoms with E-state index in [4.69, 9.17) is 5.11 Å². The summed E-state index contributed by atoms with van der Waals surface area (Å²) >= 11 is 0. The lowest BCUT2D eigenvalue weighted by molar-refractivity contribution is 0.0692. The van der Waals surface area contributed by atoms with Crippen molar-refractivity contribution in [3.8, 4) is 0 Å². The number of rotatable bonds is 4. The van der Waals surface area contributed by atoms with E-state index >= 15 is 0 Å². The number of nitrogens with one attached hydrogen (secondary N) is 1. The topological polar surface area (TPSA) is 96.4 Å². The molecule has 0 spiro atoms. The smallest absolute Gasteiger partial charge is 0.356 e. The summed E-state index contributed by atoms with van der Waals surface area (Å²) in [5.74, 6) is -1.30. The molecule has 0 fully saturated rings. The van der Waals surface area contributed by atoms with Gasteiger partial charge in [-0.2, -0.15) is 0 Å². The number of carboxylic acids is 1. The van der Waals surface area contributed by atoms with Gasteiger partial charge in [-0.15, -0.1) is 0 Å². The van der Waals surface area contributed by atoms with Crippen molar-refractivity contribution in [2.75, 3.05) is 4.72 Å². The predicted octanol–water partition coefficient (Wildman–Crippen LogP) is 3.19. The molecule has 0 atom stereocenters. The van der Waals surface area contributed by atoms with Crippen LogP contribution in [0.25, 0.3) is 0 Å². The average molecular weight is 348 g/mol. The molecule has 0 saturated carbocycles. The number of pyridine rings is 1. The molecular weight excluding hydrogens is 328 g/mol. The van der Waals surface area contributed by atoms with E-state index in [0.717, 1.165) is 5.56 Å². The van der Waals surface area contributed by atoms with Gasteiger partial charge in [0.2, 0.25) is 0 Å². The fourth-order valence-electron chi connectivity index (χ4n) is 2.16. The highest BCUT2D eigenvalue weighted by atomic mass is 32.2. The highest BCUT2D eigenvalue weighted by Crippen LogP contribution is 2.25. The minimum absolute atomic E-state index is 0.0533. The largest absolute Gasteiger partial charge is 0.476 e. The van der Waals surface area contributed by atoms with Crippen molar-refractivity contribution in [1.29, 1.82) is 0 Å². The lowest BCUT2D eigenvalue weighted by Gasteiger charge is -2.19. The fraction of sp³-hybridized carbons (Fsp3) is 0.294. The van der Waals surface area contributed by atoms with E-state index in [-0.39, 0.29) is 21.7 Å². The van der Waals surface area contributed by atoms with Gasteiger partial charge in [0.05, 0.1) is 10.6 Å². The zero-order valence-corrected chi connectivity index (χ0v) is 14.8. The van der Waals surface area contributed by atoms with E-state index in [1.807, 2.05) is 20.8 Å². The maximum atomic E-state index is 12.5. The lowest BCUT2D eigenvalue weighted by Crippen LogP contribution is -2.17. The second kappa shape index (κ2) is 6.24. The number of hydrogen-bond donors (Lipinski definition) is 2. The monoisotopic (exact) mass is 348 g/mol. The summed E-state index contributed by atoms with van der Waals surface area (Å²) in [6, 6.07) is 7.96. The first-order valence-electron chi connectivity index (χ1n) is 7.34. The Hall–Kier alpha value is -2.41. The third kappa shape index (κ3) is 3.91. The third-order valence-corrected chi connectivity index (χ3v) is 4.88. The summed E-state index contributed by atoms with van der Waals surface area (Å²) in [7, 11) is -3.90. The van der Waals surface area contributed by atoms with Crippen LogP contribution < -0.4 is 4.72 Å². The highest BCUT2D eigenvalue weighted by molar-refractivity contribution is 7.92. The van der Waals surface area contributed by atoms with E-state index in [9.17, 15) is 13.2 Å². The Morgan fingerprint density at radius 3 is 2.25 bits per heavy atom. The zero-order valence-electron chi connectivity index (χ0n) is 14.0. The van der Waals surface area contributed by atoms with Gasteiger partial charge in [-0.05, 0) is 41.7 Å². The van der Waals surface area contributed by atoms with Crippen LogP contribution in [-0.4, -0.2) is 24.5 Å². The van der Waals surface area contributed by atoms with Crippen molar-refractivity contribution >= 4 is 21.7 Å². The van der Waals surface area contributed by atoms with Crippen LogP contribution in [-0.2, 0) is 15.4 Å². The first-order chi connectivity index (χ1) is 11.0. The molecule has 0 unspecified atom stereocenters. The van der Waals surface area contributed by atoms with Crippen molar-refractivity contribution in [2.45, 2.75) is 38.0 Å². The van der Waals surface area contributed by atoms with E-state index < -0.39 is 16.0 Å². The Labute approximate surface area is 141 Å². The molecule has 1 heterocycles. The van der Waals surface area contributed by atoms with Crippen LogP contribution >= 0.6 is 0 Å². The van der Waals surface area contributed by atoms with Gasteiger partial charge in [-0.25, -0.2) is 18.2 Å². The molecule has 2 aromatic rings.